The first-order valence-corrected chi connectivity index (χ1v) is 7.60. The third kappa shape index (κ3) is 9.10. The second kappa shape index (κ2) is 11.7. The van der Waals surface area contributed by atoms with Crippen LogP contribution in [0.4, 0.5) is 0 Å². The average molecular weight is 314 g/mol. The molecule has 0 bridgehead atoms. The summed E-state index contributed by atoms with van der Waals surface area (Å²) in [4.78, 5) is 45.7. The van der Waals surface area contributed by atoms with Crippen molar-refractivity contribution in [2.24, 2.45) is 0 Å². The second-order valence-corrected chi connectivity index (χ2v) is 5.08. The zero-order valence-corrected chi connectivity index (χ0v) is 13.6. The summed E-state index contributed by atoms with van der Waals surface area (Å²) in [5.74, 6) is -2.60. The Bertz CT molecular complexity index is 395. The quantitative estimate of drug-likeness (QED) is 0.332. The fraction of sp³-hybridized carbons (Fsp3) is 0.733. The molecule has 2 amide bonds. The molecule has 0 spiro atoms. The molecule has 0 rings (SSSR count). The van der Waals surface area contributed by atoms with Gasteiger partial charge in [0.25, 0.3) is 5.91 Å². The number of Topliss-reactive ketones (excluding diaryl/α,β-unsaturated/α-hetero) is 1. The molecule has 0 fully saturated rings. The summed E-state index contributed by atoms with van der Waals surface area (Å²) in [6.45, 7) is 3.16. The number of hydrogen-bond acceptors (Lipinski definition) is 5. The first-order chi connectivity index (χ1) is 10.4. The third-order valence-corrected chi connectivity index (χ3v) is 3.11. The van der Waals surface area contributed by atoms with Crippen molar-refractivity contribution < 1.29 is 23.9 Å². The van der Waals surface area contributed by atoms with Gasteiger partial charge in [-0.2, -0.15) is 0 Å². The van der Waals surface area contributed by atoms with Crippen molar-refractivity contribution in [2.75, 3.05) is 13.7 Å². The van der Waals surface area contributed by atoms with Crippen LogP contribution < -0.4 is 10.6 Å². The minimum Gasteiger partial charge on any atom is -0.467 e. The molecular weight excluding hydrogens is 288 g/mol. The first-order valence-electron chi connectivity index (χ1n) is 7.60. The smallest absolute Gasteiger partial charge is 0.328 e. The highest BCUT2D eigenvalue weighted by Crippen LogP contribution is 2.04. The molecule has 7 heteroatoms. The topological polar surface area (TPSA) is 102 Å². The van der Waals surface area contributed by atoms with E-state index in [-0.39, 0.29) is 12.5 Å². The van der Waals surface area contributed by atoms with Gasteiger partial charge in [0.1, 0.15) is 6.04 Å². The van der Waals surface area contributed by atoms with Crippen molar-refractivity contribution in [3.8, 4) is 0 Å². The first kappa shape index (κ1) is 20.1. The number of hydrogen-bond donors (Lipinski definition) is 2. The number of esters is 1. The van der Waals surface area contributed by atoms with Gasteiger partial charge in [0.2, 0.25) is 11.7 Å². The number of ether oxygens (including phenoxy) is 1. The summed E-state index contributed by atoms with van der Waals surface area (Å²) in [6, 6.07) is -0.907. The van der Waals surface area contributed by atoms with Gasteiger partial charge >= 0.3 is 5.97 Å². The van der Waals surface area contributed by atoms with Gasteiger partial charge in [-0.25, -0.2) is 4.79 Å². The molecule has 1 atom stereocenters. The third-order valence-electron chi connectivity index (χ3n) is 3.11. The average Bonchev–Trinajstić information content (AvgIpc) is 2.51. The SMILES string of the molecule is CCCCCCCC(=O)NCC(=O)C(=O)N[C@@H](C)C(=O)OC. The number of ketones is 1. The van der Waals surface area contributed by atoms with Gasteiger partial charge in [-0.05, 0) is 13.3 Å². The van der Waals surface area contributed by atoms with Crippen molar-refractivity contribution in [3.05, 3.63) is 0 Å². The van der Waals surface area contributed by atoms with E-state index in [0.29, 0.717) is 6.42 Å². The van der Waals surface area contributed by atoms with E-state index < -0.39 is 23.7 Å². The molecule has 0 aromatic rings. The summed E-state index contributed by atoms with van der Waals surface area (Å²) < 4.78 is 4.43. The van der Waals surface area contributed by atoms with Crippen LogP contribution in [0, 0.1) is 0 Å². The highest BCUT2D eigenvalue weighted by Gasteiger charge is 2.20. The molecule has 0 heterocycles. The molecule has 0 aliphatic carbocycles. The maximum Gasteiger partial charge on any atom is 0.328 e. The fourth-order valence-electron chi connectivity index (χ4n) is 1.75. The zero-order valence-electron chi connectivity index (χ0n) is 13.6. The van der Waals surface area contributed by atoms with E-state index in [1.54, 1.807) is 0 Å². The Balaban J connectivity index is 3.89. The van der Waals surface area contributed by atoms with Gasteiger partial charge < -0.3 is 15.4 Å². The van der Waals surface area contributed by atoms with Crippen LogP contribution in [0.2, 0.25) is 0 Å². The molecule has 0 unspecified atom stereocenters. The molecule has 0 aromatic carbocycles. The largest absolute Gasteiger partial charge is 0.467 e. The predicted molar refractivity (Wildman–Crippen MR) is 81.0 cm³/mol. The van der Waals surface area contributed by atoms with E-state index >= 15 is 0 Å². The number of methoxy groups -OCH3 is 1. The molecule has 2 N–H and O–H groups in total. The Kier molecular flexibility index (Phi) is 10.7. The predicted octanol–water partition coefficient (Wildman–Crippen LogP) is 0.710. The van der Waals surface area contributed by atoms with Gasteiger partial charge in [-0.15, -0.1) is 0 Å². The number of carbonyl (C=O) groups is 4. The van der Waals surface area contributed by atoms with Crippen LogP contribution in [-0.4, -0.2) is 43.3 Å². The van der Waals surface area contributed by atoms with E-state index in [0.717, 1.165) is 32.1 Å². The minimum atomic E-state index is -0.916. The lowest BCUT2D eigenvalue weighted by Crippen LogP contribution is -2.45. The van der Waals surface area contributed by atoms with Gasteiger partial charge in [0.05, 0.1) is 13.7 Å². The highest BCUT2D eigenvalue weighted by molar-refractivity contribution is 6.37. The molecule has 0 aliphatic rings. The molecule has 126 valence electrons. The van der Waals surface area contributed by atoms with Crippen molar-refractivity contribution in [2.45, 2.75) is 58.4 Å². The van der Waals surface area contributed by atoms with Crippen LogP contribution in [0.15, 0.2) is 0 Å². The maximum atomic E-state index is 11.5. The van der Waals surface area contributed by atoms with E-state index in [2.05, 4.69) is 22.3 Å². The molecule has 0 aromatic heterocycles. The summed E-state index contributed by atoms with van der Waals surface area (Å²) in [5.41, 5.74) is 0. The van der Waals surface area contributed by atoms with Crippen molar-refractivity contribution >= 4 is 23.6 Å². The van der Waals surface area contributed by atoms with E-state index in [4.69, 9.17) is 0 Å². The second-order valence-electron chi connectivity index (χ2n) is 5.08. The Labute approximate surface area is 131 Å². The lowest BCUT2D eigenvalue weighted by Gasteiger charge is -2.11. The van der Waals surface area contributed by atoms with E-state index in [9.17, 15) is 19.2 Å². The van der Waals surface area contributed by atoms with Crippen molar-refractivity contribution in [1.82, 2.24) is 10.6 Å². The summed E-state index contributed by atoms with van der Waals surface area (Å²) >= 11 is 0. The highest BCUT2D eigenvalue weighted by atomic mass is 16.5. The molecule has 7 nitrogen and oxygen atoms in total. The van der Waals surface area contributed by atoms with E-state index in [1.165, 1.54) is 14.0 Å². The standard InChI is InChI=1S/C15H26N2O5/c1-4-5-6-7-8-9-13(19)16-10-12(18)14(20)17-11(2)15(21)22-3/h11H,4-10H2,1-3H3,(H,16,19)(H,17,20)/t11-/m0/s1. The summed E-state index contributed by atoms with van der Waals surface area (Å²) in [7, 11) is 1.19. The van der Waals surface area contributed by atoms with Crippen molar-refractivity contribution in [1.29, 1.82) is 0 Å². The molecule has 0 saturated carbocycles. The normalized spacial score (nSPS) is 11.4. The number of amides is 2. The summed E-state index contributed by atoms with van der Waals surface area (Å²) in [6.07, 6.45) is 5.48. The zero-order chi connectivity index (χ0) is 17.0. The number of nitrogens with one attached hydrogen (secondary N) is 2. The van der Waals surface area contributed by atoms with Crippen LogP contribution >= 0.6 is 0 Å². The molecule has 0 radical (unpaired) electrons. The lowest BCUT2D eigenvalue weighted by molar-refractivity contribution is -0.146. The van der Waals surface area contributed by atoms with Crippen LogP contribution in [0.3, 0.4) is 0 Å². The number of rotatable bonds is 11. The molecular formula is C15H26N2O5. The van der Waals surface area contributed by atoms with Gasteiger partial charge in [-0.3, -0.25) is 14.4 Å². The summed E-state index contributed by atoms with van der Waals surface area (Å²) in [5, 5.41) is 4.61. The Morgan fingerprint density at radius 2 is 1.68 bits per heavy atom. The minimum absolute atomic E-state index is 0.251. The van der Waals surface area contributed by atoms with Gasteiger partial charge in [0.15, 0.2) is 0 Å². The maximum absolute atomic E-state index is 11.5. The molecule has 22 heavy (non-hydrogen) atoms. The van der Waals surface area contributed by atoms with Crippen LogP contribution in [0.1, 0.15) is 52.4 Å². The molecule has 0 aliphatic heterocycles. The Hall–Kier alpha value is -1.92. The van der Waals surface area contributed by atoms with Crippen LogP contribution in [0.5, 0.6) is 0 Å². The Morgan fingerprint density at radius 3 is 2.27 bits per heavy atom. The van der Waals surface area contributed by atoms with Crippen LogP contribution in [-0.2, 0) is 23.9 Å². The fourth-order valence-corrected chi connectivity index (χ4v) is 1.75. The van der Waals surface area contributed by atoms with Crippen molar-refractivity contribution in [3.63, 3.8) is 0 Å². The lowest BCUT2D eigenvalue weighted by atomic mass is 10.1. The van der Waals surface area contributed by atoms with E-state index in [1.807, 2.05) is 0 Å². The Morgan fingerprint density at radius 1 is 1.05 bits per heavy atom. The number of unbranched alkanes of at least 4 members (excludes halogenated alkanes) is 4. The van der Waals surface area contributed by atoms with Gasteiger partial charge in [-0.1, -0.05) is 32.6 Å². The van der Waals surface area contributed by atoms with Gasteiger partial charge in [0, 0.05) is 6.42 Å². The monoisotopic (exact) mass is 314 g/mol. The number of carbonyl (C=O) groups excluding carboxylic acids is 4. The molecule has 0 saturated heterocycles. The van der Waals surface area contributed by atoms with Crippen LogP contribution in [0.25, 0.3) is 0 Å².